The summed E-state index contributed by atoms with van der Waals surface area (Å²) < 4.78 is 106. The van der Waals surface area contributed by atoms with Crippen LogP contribution in [0.5, 0.6) is 0 Å². The molecule has 0 aromatic carbocycles. The number of aryl methyl sites for hydroxylation is 1. The van der Waals surface area contributed by atoms with Gasteiger partial charge in [-0.05, 0) is 55.2 Å². The van der Waals surface area contributed by atoms with Gasteiger partial charge in [-0.3, -0.25) is 14.3 Å². The Morgan fingerprint density at radius 3 is 2.27 bits per heavy atom. The van der Waals surface area contributed by atoms with Gasteiger partial charge in [0.25, 0.3) is 5.91 Å². The monoisotopic (exact) mass is 649 g/mol. The van der Waals surface area contributed by atoms with E-state index in [9.17, 15) is 44.7 Å². The largest absolute Gasteiger partial charge is 0.390 e. The van der Waals surface area contributed by atoms with Crippen molar-refractivity contribution in [3.05, 3.63) is 47.7 Å². The summed E-state index contributed by atoms with van der Waals surface area (Å²) in [5.74, 6) is -4.74. The zero-order valence-electron chi connectivity index (χ0n) is 23.8. The van der Waals surface area contributed by atoms with E-state index in [1.165, 1.54) is 29.2 Å². The molecule has 2 saturated carbocycles. The highest BCUT2D eigenvalue weighted by Crippen LogP contribution is 2.43. The smallest absolute Gasteiger partial charge is 0.349 e. The van der Waals surface area contributed by atoms with E-state index in [0.29, 0.717) is 16.9 Å². The summed E-state index contributed by atoms with van der Waals surface area (Å²) in [6.45, 7) is -0.483. The van der Waals surface area contributed by atoms with Gasteiger partial charge in [-0.15, -0.1) is 0 Å². The second kappa shape index (κ2) is 12.5. The molecule has 2 amide bonds. The van der Waals surface area contributed by atoms with Crippen molar-refractivity contribution in [2.45, 2.75) is 94.7 Å². The summed E-state index contributed by atoms with van der Waals surface area (Å²) in [4.78, 5) is 30.0. The van der Waals surface area contributed by atoms with Gasteiger partial charge in [0.05, 0.1) is 43.0 Å². The van der Waals surface area contributed by atoms with Gasteiger partial charge in [-0.1, -0.05) is 0 Å². The van der Waals surface area contributed by atoms with Crippen molar-refractivity contribution < 1.29 is 44.7 Å². The normalized spacial score (nSPS) is 18.9. The first kappa shape index (κ1) is 32.6. The van der Waals surface area contributed by atoms with Gasteiger partial charge in [0.15, 0.2) is 5.65 Å². The van der Waals surface area contributed by atoms with Crippen molar-refractivity contribution in [3.8, 4) is 0 Å². The highest BCUT2D eigenvalue weighted by atomic mass is 19.4. The maximum absolute atomic E-state index is 14.0. The Hall–Kier alpha value is -3.79. The number of imidazole rings is 1. The van der Waals surface area contributed by atoms with Gasteiger partial charge < -0.3 is 10.6 Å². The van der Waals surface area contributed by atoms with Crippen LogP contribution in [0.1, 0.15) is 91.6 Å². The molecule has 0 saturated heterocycles. The number of hydrogen-bond donors (Lipinski definition) is 2. The van der Waals surface area contributed by atoms with Crippen LogP contribution in [0.2, 0.25) is 0 Å². The molecule has 0 unspecified atom stereocenters. The van der Waals surface area contributed by atoms with Crippen LogP contribution in [0.25, 0.3) is 5.65 Å². The third kappa shape index (κ3) is 8.90. The molecule has 2 N–H and O–H groups in total. The molecule has 45 heavy (non-hydrogen) atoms. The molecule has 0 radical (unpaired) electrons. The van der Waals surface area contributed by atoms with Gasteiger partial charge in [0, 0.05) is 32.0 Å². The van der Waals surface area contributed by atoms with Crippen molar-refractivity contribution in [1.29, 1.82) is 0 Å². The van der Waals surface area contributed by atoms with E-state index in [2.05, 4.69) is 25.8 Å². The number of nitrogens with zero attached hydrogens (tertiary/aromatic N) is 5. The highest BCUT2D eigenvalue weighted by molar-refractivity contribution is 5.92. The lowest BCUT2D eigenvalue weighted by Gasteiger charge is -2.33. The predicted octanol–water partition coefficient (Wildman–Crippen LogP) is 6.08. The molecule has 3 aromatic rings. The van der Waals surface area contributed by atoms with Gasteiger partial charge in [0.1, 0.15) is 5.69 Å². The van der Waals surface area contributed by atoms with Crippen LogP contribution in [0.4, 0.5) is 35.1 Å². The van der Waals surface area contributed by atoms with E-state index in [-0.39, 0.29) is 24.5 Å². The van der Waals surface area contributed by atoms with Crippen molar-refractivity contribution in [3.63, 3.8) is 0 Å². The average Bonchev–Trinajstić information content (AvgIpc) is 3.52. The maximum atomic E-state index is 14.0. The Balaban J connectivity index is 1.36. The van der Waals surface area contributed by atoms with Crippen LogP contribution in [-0.2, 0) is 11.3 Å². The first-order valence-electron chi connectivity index (χ1n) is 14.6. The average molecular weight is 650 g/mol. The fourth-order valence-corrected chi connectivity index (χ4v) is 5.53. The van der Waals surface area contributed by atoms with E-state index in [1.54, 1.807) is 6.07 Å². The first-order chi connectivity index (χ1) is 21.1. The molecule has 2 fully saturated rings. The lowest BCUT2D eigenvalue weighted by atomic mass is 9.81. The quantitative estimate of drug-likeness (QED) is 0.245. The Bertz CT molecular complexity index is 1500. The molecule has 2 aliphatic rings. The van der Waals surface area contributed by atoms with E-state index in [1.807, 2.05) is 0 Å². The fourth-order valence-electron chi connectivity index (χ4n) is 5.53. The number of amides is 2. The summed E-state index contributed by atoms with van der Waals surface area (Å²) >= 11 is 0. The SMILES string of the molecule is O=C(CCC(F)(F)F)N[C@@H](c1cnn2cc([C@@H](NC(=O)c3ccn(CCC(F)(F)F)n3)C3CCC(F)(F)CC3)nc2c1)C1CC1. The molecule has 3 aromatic heterocycles. The van der Waals surface area contributed by atoms with Gasteiger partial charge in [-0.2, -0.15) is 36.5 Å². The third-order valence-electron chi connectivity index (χ3n) is 8.10. The van der Waals surface area contributed by atoms with Crippen LogP contribution < -0.4 is 10.6 Å². The number of carbonyl (C=O) groups is 2. The molecular formula is C28H31F8N7O2. The van der Waals surface area contributed by atoms with Crippen LogP contribution in [0, 0.1) is 11.8 Å². The second-order valence-electron chi connectivity index (χ2n) is 11.7. The minimum absolute atomic E-state index is 0.0189. The molecule has 3 heterocycles. The number of halogens is 8. The molecule has 17 heteroatoms. The molecule has 2 atom stereocenters. The Labute approximate surface area is 251 Å². The number of alkyl halides is 8. The number of rotatable bonds is 11. The number of fused-ring (bicyclic) bond motifs is 1. The summed E-state index contributed by atoms with van der Waals surface area (Å²) in [7, 11) is 0. The standard InChI is InChI=1S/C28H31F8N7O2/c29-26(30)7-3-17(4-8-26)24(40-25(45)19-6-11-42(41-19)12-10-28(34,35)36)20-15-43-21(38-20)13-18(14-37-43)23(16-1-2-16)39-22(44)5-9-27(31,32)33/h6,11,13-17,23-24H,1-5,7-10,12H2,(H,39,44)(H,40,45)/t23-,24+/m1/s1. The van der Waals surface area contributed by atoms with E-state index < -0.39 is 86.7 Å². The zero-order valence-corrected chi connectivity index (χ0v) is 23.8. The van der Waals surface area contributed by atoms with Gasteiger partial charge >= 0.3 is 12.4 Å². The lowest BCUT2D eigenvalue weighted by Crippen LogP contribution is -2.37. The van der Waals surface area contributed by atoms with E-state index in [4.69, 9.17) is 0 Å². The summed E-state index contributed by atoms with van der Waals surface area (Å²) in [6, 6.07) is 1.45. The van der Waals surface area contributed by atoms with Crippen molar-refractivity contribution >= 4 is 17.5 Å². The summed E-state index contributed by atoms with van der Waals surface area (Å²) in [5.41, 5.74) is 0.984. The topological polar surface area (TPSA) is 106 Å². The molecule has 246 valence electrons. The number of nitrogens with one attached hydrogen (secondary N) is 2. The highest BCUT2D eigenvalue weighted by Gasteiger charge is 2.40. The molecule has 0 spiro atoms. The first-order valence-corrected chi connectivity index (χ1v) is 14.6. The summed E-state index contributed by atoms with van der Waals surface area (Å²) in [6.07, 6.45) is -6.87. The third-order valence-corrected chi connectivity index (χ3v) is 8.10. The fraction of sp³-hybridized carbons (Fsp3) is 0.607. The lowest BCUT2D eigenvalue weighted by molar-refractivity contribution is -0.144. The van der Waals surface area contributed by atoms with Gasteiger partial charge in [-0.25, -0.2) is 18.3 Å². The molecule has 0 bridgehead atoms. The van der Waals surface area contributed by atoms with Crippen LogP contribution >= 0.6 is 0 Å². The molecule has 2 aliphatic carbocycles. The van der Waals surface area contributed by atoms with Crippen molar-refractivity contribution in [2.75, 3.05) is 0 Å². The number of aromatic nitrogens is 5. The van der Waals surface area contributed by atoms with E-state index >= 15 is 0 Å². The molecule has 9 nitrogen and oxygen atoms in total. The number of carbonyl (C=O) groups excluding carboxylic acids is 2. The molecule has 5 rings (SSSR count). The summed E-state index contributed by atoms with van der Waals surface area (Å²) in [5, 5.41) is 13.7. The Kier molecular flexibility index (Phi) is 9.08. The zero-order chi connectivity index (χ0) is 32.6. The Morgan fingerprint density at radius 2 is 1.62 bits per heavy atom. The van der Waals surface area contributed by atoms with Crippen molar-refractivity contribution in [1.82, 2.24) is 35.0 Å². The molecule has 0 aliphatic heterocycles. The minimum Gasteiger partial charge on any atom is -0.349 e. The van der Waals surface area contributed by atoms with E-state index in [0.717, 1.165) is 17.5 Å². The Morgan fingerprint density at radius 1 is 0.956 bits per heavy atom. The predicted molar refractivity (Wildman–Crippen MR) is 142 cm³/mol. The van der Waals surface area contributed by atoms with Gasteiger partial charge in [0.2, 0.25) is 11.8 Å². The maximum Gasteiger partial charge on any atom is 0.390 e. The second-order valence-corrected chi connectivity index (χ2v) is 11.7. The van der Waals surface area contributed by atoms with Crippen LogP contribution in [0.15, 0.2) is 30.7 Å². The van der Waals surface area contributed by atoms with Crippen LogP contribution in [-0.4, -0.2) is 54.5 Å². The molecular weight excluding hydrogens is 618 g/mol. The number of hydrogen-bond acceptors (Lipinski definition) is 5. The minimum atomic E-state index is -4.47. The van der Waals surface area contributed by atoms with Crippen LogP contribution in [0.3, 0.4) is 0 Å². The van der Waals surface area contributed by atoms with Crippen molar-refractivity contribution in [2.24, 2.45) is 11.8 Å².